The van der Waals surface area contributed by atoms with Crippen molar-refractivity contribution in [2.24, 2.45) is 11.8 Å². The van der Waals surface area contributed by atoms with Crippen LogP contribution in [0.2, 0.25) is 0 Å². The van der Waals surface area contributed by atoms with E-state index in [4.69, 9.17) is 4.74 Å². The van der Waals surface area contributed by atoms with Gasteiger partial charge in [-0.15, -0.1) is 0 Å². The standard InChI is InChI=1S/C15H30N2O/c1-16-15-8-9-18-12-14(15)11-17(2)10-13-6-4-3-5-7-13/h13-16H,3-12H2,1-2H3. The normalized spacial score (nSPS) is 30.8. The number of rotatable bonds is 5. The van der Waals surface area contributed by atoms with Crippen LogP contribution >= 0.6 is 0 Å². The van der Waals surface area contributed by atoms with Gasteiger partial charge in [-0.3, -0.25) is 0 Å². The van der Waals surface area contributed by atoms with Crippen LogP contribution in [0, 0.1) is 11.8 Å². The zero-order valence-electron chi connectivity index (χ0n) is 12.2. The molecule has 1 saturated heterocycles. The van der Waals surface area contributed by atoms with Crippen molar-refractivity contribution in [2.75, 3.05) is 40.4 Å². The molecular weight excluding hydrogens is 224 g/mol. The summed E-state index contributed by atoms with van der Waals surface area (Å²) >= 11 is 0. The molecule has 0 aromatic carbocycles. The lowest BCUT2D eigenvalue weighted by atomic mass is 9.88. The molecule has 0 bridgehead atoms. The Morgan fingerprint density at radius 1 is 1.11 bits per heavy atom. The third kappa shape index (κ3) is 4.22. The second-order valence-corrected chi connectivity index (χ2v) is 6.24. The Kier molecular flexibility index (Phi) is 5.93. The molecule has 1 saturated carbocycles. The van der Waals surface area contributed by atoms with Gasteiger partial charge in [0.15, 0.2) is 0 Å². The summed E-state index contributed by atoms with van der Waals surface area (Å²) in [6.07, 6.45) is 8.41. The first-order chi connectivity index (χ1) is 8.79. The average molecular weight is 254 g/mol. The second kappa shape index (κ2) is 7.46. The summed E-state index contributed by atoms with van der Waals surface area (Å²) < 4.78 is 5.64. The number of nitrogens with one attached hydrogen (secondary N) is 1. The SMILES string of the molecule is CNC1CCOCC1CN(C)CC1CCCCC1. The molecule has 2 fully saturated rings. The minimum atomic E-state index is 0.646. The summed E-state index contributed by atoms with van der Waals surface area (Å²) in [5.41, 5.74) is 0. The maximum Gasteiger partial charge on any atom is 0.0521 e. The molecule has 1 aliphatic carbocycles. The number of nitrogens with zero attached hydrogens (tertiary/aromatic N) is 1. The molecule has 0 amide bonds. The van der Waals surface area contributed by atoms with Gasteiger partial charge in [-0.25, -0.2) is 0 Å². The summed E-state index contributed by atoms with van der Waals surface area (Å²) in [6.45, 7) is 4.32. The lowest BCUT2D eigenvalue weighted by molar-refractivity contribution is 0.0193. The van der Waals surface area contributed by atoms with Gasteiger partial charge >= 0.3 is 0 Å². The summed E-state index contributed by atoms with van der Waals surface area (Å²) in [7, 11) is 4.38. The zero-order valence-corrected chi connectivity index (χ0v) is 12.2. The highest BCUT2D eigenvalue weighted by Crippen LogP contribution is 2.25. The molecular formula is C15H30N2O. The lowest BCUT2D eigenvalue weighted by Crippen LogP contribution is -2.46. The maximum atomic E-state index is 5.64. The predicted molar refractivity (Wildman–Crippen MR) is 75.8 cm³/mol. The minimum Gasteiger partial charge on any atom is -0.381 e. The molecule has 2 atom stereocenters. The van der Waals surface area contributed by atoms with Crippen molar-refractivity contribution in [3.05, 3.63) is 0 Å². The van der Waals surface area contributed by atoms with Crippen molar-refractivity contribution in [3.8, 4) is 0 Å². The molecule has 1 N–H and O–H groups in total. The van der Waals surface area contributed by atoms with E-state index in [2.05, 4.69) is 24.3 Å². The topological polar surface area (TPSA) is 24.5 Å². The Hall–Kier alpha value is -0.120. The fourth-order valence-electron chi connectivity index (χ4n) is 3.64. The van der Waals surface area contributed by atoms with E-state index in [1.54, 1.807) is 0 Å². The first-order valence-electron chi connectivity index (χ1n) is 7.73. The van der Waals surface area contributed by atoms with E-state index in [0.29, 0.717) is 12.0 Å². The van der Waals surface area contributed by atoms with E-state index in [-0.39, 0.29) is 0 Å². The van der Waals surface area contributed by atoms with E-state index in [0.717, 1.165) is 19.1 Å². The highest BCUT2D eigenvalue weighted by Gasteiger charge is 2.26. The van der Waals surface area contributed by atoms with Crippen LogP contribution in [0.4, 0.5) is 0 Å². The van der Waals surface area contributed by atoms with Crippen molar-refractivity contribution < 1.29 is 4.74 Å². The van der Waals surface area contributed by atoms with Gasteiger partial charge in [0, 0.05) is 31.7 Å². The number of hydrogen-bond acceptors (Lipinski definition) is 3. The van der Waals surface area contributed by atoms with Gasteiger partial charge in [0.05, 0.1) is 6.61 Å². The van der Waals surface area contributed by atoms with Crippen molar-refractivity contribution >= 4 is 0 Å². The van der Waals surface area contributed by atoms with E-state index in [1.165, 1.54) is 51.6 Å². The summed E-state index contributed by atoms with van der Waals surface area (Å²) in [5, 5.41) is 3.46. The Morgan fingerprint density at radius 2 is 1.89 bits per heavy atom. The molecule has 2 rings (SSSR count). The quantitative estimate of drug-likeness (QED) is 0.813. The van der Waals surface area contributed by atoms with Crippen molar-refractivity contribution in [1.29, 1.82) is 0 Å². The maximum absolute atomic E-state index is 5.64. The van der Waals surface area contributed by atoms with Gasteiger partial charge in [0.1, 0.15) is 0 Å². The molecule has 2 aliphatic rings. The highest BCUT2D eigenvalue weighted by atomic mass is 16.5. The largest absolute Gasteiger partial charge is 0.381 e. The predicted octanol–water partition coefficient (Wildman–Crippen LogP) is 2.12. The molecule has 0 radical (unpaired) electrons. The second-order valence-electron chi connectivity index (χ2n) is 6.24. The molecule has 0 spiro atoms. The fourth-order valence-corrected chi connectivity index (χ4v) is 3.64. The van der Waals surface area contributed by atoms with Crippen LogP contribution in [0.15, 0.2) is 0 Å². The summed E-state index contributed by atoms with van der Waals surface area (Å²) in [4.78, 5) is 2.54. The van der Waals surface area contributed by atoms with Gasteiger partial charge in [0.2, 0.25) is 0 Å². The number of hydrogen-bond donors (Lipinski definition) is 1. The van der Waals surface area contributed by atoms with Gasteiger partial charge in [-0.2, -0.15) is 0 Å². The molecule has 1 heterocycles. The molecule has 106 valence electrons. The first kappa shape index (κ1) is 14.3. The zero-order chi connectivity index (χ0) is 12.8. The van der Waals surface area contributed by atoms with Gasteiger partial charge < -0.3 is 15.0 Å². The van der Waals surface area contributed by atoms with Gasteiger partial charge in [-0.05, 0) is 39.3 Å². The van der Waals surface area contributed by atoms with E-state index < -0.39 is 0 Å². The molecule has 1 aliphatic heterocycles. The van der Waals surface area contributed by atoms with Crippen LogP contribution < -0.4 is 5.32 Å². The molecule has 2 unspecified atom stereocenters. The Morgan fingerprint density at radius 3 is 2.61 bits per heavy atom. The third-order valence-electron chi connectivity index (χ3n) is 4.69. The van der Waals surface area contributed by atoms with Crippen LogP contribution in [0.5, 0.6) is 0 Å². The fraction of sp³-hybridized carbons (Fsp3) is 1.00. The lowest BCUT2D eigenvalue weighted by Gasteiger charge is -2.35. The third-order valence-corrected chi connectivity index (χ3v) is 4.69. The monoisotopic (exact) mass is 254 g/mol. The molecule has 0 aromatic rings. The van der Waals surface area contributed by atoms with E-state index >= 15 is 0 Å². The van der Waals surface area contributed by atoms with Crippen LogP contribution in [-0.4, -0.2) is 51.3 Å². The highest BCUT2D eigenvalue weighted by molar-refractivity contribution is 4.81. The van der Waals surface area contributed by atoms with Gasteiger partial charge in [0.25, 0.3) is 0 Å². The average Bonchev–Trinajstić information content (AvgIpc) is 2.40. The first-order valence-corrected chi connectivity index (χ1v) is 7.73. The molecule has 3 nitrogen and oxygen atoms in total. The van der Waals surface area contributed by atoms with E-state index in [1.807, 2.05) is 0 Å². The minimum absolute atomic E-state index is 0.646. The number of ether oxygens (including phenoxy) is 1. The Labute approximate surface area is 112 Å². The van der Waals surface area contributed by atoms with Crippen LogP contribution in [0.1, 0.15) is 38.5 Å². The summed E-state index contributed by atoms with van der Waals surface area (Å²) in [6, 6.07) is 0.646. The molecule has 18 heavy (non-hydrogen) atoms. The van der Waals surface area contributed by atoms with Crippen LogP contribution in [0.25, 0.3) is 0 Å². The smallest absolute Gasteiger partial charge is 0.0521 e. The van der Waals surface area contributed by atoms with Crippen LogP contribution in [-0.2, 0) is 4.74 Å². The molecule has 3 heteroatoms. The van der Waals surface area contributed by atoms with Crippen molar-refractivity contribution in [2.45, 2.75) is 44.6 Å². The van der Waals surface area contributed by atoms with Gasteiger partial charge in [-0.1, -0.05) is 19.3 Å². The summed E-state index contributed by atoms with van der Waals surface area (Å²) in [5.74, 6) is 1.61. The Bertz CT molecular complexity index is 229. The van der Waals surface area contributed by atoms with Crippen molar-refractivity contribution in [1.82, 2.24) is 10.2 Å². The Balaban J connectivity index is 1.73. The van der Waals surface area contributed by atoms with Crippen molar-refractivity contribution in [3.63, 3.8) is 0 Å². The van der Waals surface area contributed by atoms with E-state index in [9.17, 15) is 0 Å². The molecule has 0 aromatic heterocycles. The van der Waals surface area contributed by atoms with Crippen LogP contribution in [0.3, 0.4) is 0 Å².